The number of rotatable bonds is 4. The van der Waals surface area contributed by atoms with Gasteiger partial charge in [-0.05, 0) is 77.2 Å². The maximum atomic E-state index is 13.2. The highest BCUT2D eigenvalue weighted by molar-refractivity contribution is 6.14. The normalized spacial score (nSPS) is 13.9. The molecular formula is C30H25FN4O2. The predicted octanol–water partition coefficient (Wildman–Crippen LogP) is 6.66. The molecular weight excluding hydrogens is 467 g/mol. The van der Waals surface area contributed by atoms with E-state index in [2.05, 4.69) is 10.4 Å². The number of anilines is 2. The first-order valence-corrected chi connectivity index (χ1v) is 12.4. The molecule has 1 aliphatic rings. The van der Waals surface area contributed by atoms with Crippen LogP contribution in [-0.2, 0) is 0 Å². The van der Waals surface area contributed by atoms with E-state index in [0.717, 1.165) is 53.0 Å². The quantitative estimate of drug-likeness (QED) is 0.294. The van der Waals surface area contributed by atoms with Crippen molar-refractivity contribution >= 4 is 45.0 Å². The van der Waals surface area contributed by atoms with Crippen molar-refractivity contribution in [2.45, 2.75) is 25.7 Å². The first kappa shape index (κ1) is 22.9. The van der Waals surface area contributed by atoms with Gasteiger partial charge in [0.15, 0.2) is 5.82 Å². The summed E-state index contributed by atoms with van der Waals surface area (Å²) in [7, 11) is 0. The highest BCUT2D eigenvalue weighted by Gasteiger charge is 2.27. The van der Waals surface area contributed by atoms with Crippen molar-refractivity contribution < 1.29 is 14.0 Å². The largest absolute Gasteiger partial charge is 0.382 e. The standard InChI is InChI=1S/C30H25FN4O2/c31-21-12-14-22(15-13-21)33-29(36)25-9-3-7-19-17-20(11-16-23(19)25)24-8-4-10-26-27(24)28(32)34-35(26)30(37)18-5-1-2-6-18/h3-4,7-18H,1-2,5-6H2,(H2,32,34)(H,33,36). The van der Waals surface area contributed by atoms with E-state index in [1.54, 1.807) is 6.07 Å². The van der Waals surface area contributed by atoms with E-state index >= 15 is 0 Å². The molecule has 0 spiro atoms. The number of nitrogens with two attached hydrogens (primary N) is 1. The summed E-state index contributed by atoms with van der Waals surface area (Å²) < 4.78 is 14.7. The van der Waals surface area contributed by atoms with Crippen molar-refractivity contribution in [1.82, 2.24) is 9.78 Å². The number of nitrogens with zero attached hydrogens (tertiary/aromatic N) is 2. The van der Waals surface area contributed by atoms with Crippen molar-refractivity contribution in [1.29, 1.82) is 0 Å². The summed E-state index contributed by atoms with van der Waals surface area (Å²) in [5, 5.41) is 9.68. The first-order chi connectivity index (χ1) is 18.0. The van der Waals surface area contributed by atoms with Crippen LogP contribution in [0.5, 0.6) is 0 Å². The zero-order valence-corrected chi connectivity index (χ0v) is 20.1. The molecule has 0 atom stereocenters. The minimum Gasteiger partial charge on any atom is -0.382 e. The van der Waals surface area contributed by atoms with E-state index in [1.807, 2.05) is 48.5 Å². The summed E-state index contributed by atoms with van der Waals surface area (Å²) in [6.07, 6.45) is 3.91. The highest BCUT2D eigenvalue weighted by atomic mass is 19.1. The molecule has 0 bridgehead atoms. The molecule has 6 rings (SSSR count). The van der Waals surface area contributed by atoms with E-state index < -0.39 is 0 Å². The average Bonchev–Trinajstić information content (AvgIpc) is 3.57. The van der Waals surface area contributed by atoms with Crippen LogP contribution in [0.3, 0.4) is 0 Å². The van der Waals surface area contributed by atoms with E-state index in [9.17, 15) is 14.0 Å². The molecule has 3 N–H and O–H groups in total. The third kappa shape index (κ3) is 4.12. The van der Waals surface area contributed by atoms with Crippen molar-refractivity contribution in [2.24, 2.45) is 5.92 Å². The molecule has 0 radical (unpaired) electrons. The lowest BCUT2D eigenvalue weighted by Gasteiger charge is -2.11. The van der Waals surface area contributed by atoms with Crippen LogP contribution >= 0.6 is 0 Å². The average molecular weight is 493 g/mol. The Kier molecular flexibility index (Phi) is 5.68. The number of carbonyl (C=O) groups is 2. The van der Waals surface area contributed by atoms with Crippen LogP contribution in [-0.4, -0.2) is 21.6 Å². The summed E-state index contributed by atoms with van der Waals surface area (Å²) in [5.74, 6) is -0.315. The highest BCUT2D eigenvalue weighted by Crippen LogP contribution is 2.36. The fourth-order valence-corrected chi connectivity index (χ4v) is 5.33. The molecule has 0 aliphatic heterocycles. The Morgan fingerprint density at radius 2 is 1.70 bits per heavy atom. The molecule has 37 heavy (non-hydrogen) atoms. The SMILES string of the molecule is Nc1nn(C(=O)C2CCCC2)c2cccc(-c3ccc4c(C(=O)Nc5ccc(F)cc5)cccc4c3)c12. The van der Waals surface area contributed by atoms with Crippen molar-refractivity contribution in [3.05, 3.63) is 90.2 Å². The molecule has 1 fully saturated rings. The van der Waals surface area contributed by atoms with Gasteiger partial charge in [-0.3, -0.25) is 9.59 Å². The van der Waals surface area contributed by atoms with Crippen LogP contribution in [0.4, 0.5) is 15.9 Å². The second kappa shape index (κ2) is 9.17. The van der Waals surface area contributed by atoms with Crippen molar-refractivity contribution in [3.63, 3.8) is 0 Å². The monoisotopic (exact) mass is 492 g/mol. The maximum Gasteiger partial charge on any atom is 0.256 e. The first-order valence-electron chi connectivity index (χ1n) is 12.4. The second-order valence-electron chi connectivity index (χ2n) is 9.52. The summed E-state index contributed by atoms with van der Waals surface area (Å²) >= 11 is 0. The van der Waals surface area contributed by atoms with Gasteiger partial charge in [-0.1, -0.05) is 49.2 Å². The minimum atomic E-state index is -0.361. The van der Waals surface area contributed by atoms with Crippen LogP contribution in [0.2, 0.25) is 0 Å². The summed E-state index contributed by atoms with van der Waals surface area (Å²) in [4.78, 5) is 26.1. The van der Waals surface area contributed by atoms with Gasteiger partial charge in [0.05, 0.1) is 10.9 Å². The molecule has 5 aromatic rings. The van der Waals surface area contributed by atoms with Crippen LogP contribution < -0.4 is 11.1 Å². The Morgan fingerprint density at radius 3 is 2.49 bits per heavy atom. The zero-order valence-electron chi connectivity index (χ0n) is 20.1. The molecule has 1 amide bonds. The number of nitrogens with one attached hydrogen (secondary N) is 1. The minimum absolute atomic E-state index is 0.00618. The van der Waals surface area contributed by atoms with Crippen LogP contribution in [0.15, 0.2) is 78.9 Å². The van der Waals surface area contributed by atoms with Gasteiger partial charge in [0.2, 0.25) is 0 Å². The molecule has 1 saturated carbocycles. The molecule has 0 unspecified atom stereocenters. The Bertz CT molecular complexity index is 1670. The smallest absolute Gasteiger partial charge is 0.256 e. The van der Waals surface area contributed by atoms with Crippen LogP contribution in [0, 0.1) is 11.7 Å². The van der Waals surface area contributed by atoms with Crippen LogP contribution in [0.1, 0.15) is 40.8 Å². The number of amides is 1. The summed E-state index contributed by atoms with van der Waals surface area (Å²) in [6.45, 7) is 0. The van der Waals surface area contributed by atoms with Gasteiger partial charge in [-0.2, -0.15) is 4.68 Å². The van der Waals surface area contributed by atoms with E-state index in [1.165, 1.54) is 28.9 Å². The Labute approximate surface area is 212 Å². The molecule has 1 aliphatic carbocycles. The number of fused-ring (bicyclic) bond motifs is 2. The van der Waals surface area contributed by atoms with Crippen LogP contribution in [0.25, 0.3) is 32.8 Å². The maximum absolute atomic E-state index is 13.2. The van der Waals surface area contributed by atoms with Gasteiger partial charge in [0.25, 0.3) is 11.8 Å². The molecule has 184 valence electrons. The van der Waals surface area contributed by atoms with Gasteiger partial charge >= 0.3 is 0 Å². The van der Waals surface area contributed by atoms with Crippen molar-refractivity contribution in [3.8, 4) is 11.1 Å². The van der Waals surface area contributed by atoms with E-state index in [-0.39, 0.29) is 23.5 Å². The lowest BCUT2D eigenvalue weighted by atomic mass is 9.96. The van der Waals surface area contributed by atoms with Gasteiger partial charge in [-0.15, -0.1) is 5.10 Å². The third-order valence-electron chi connectivity index (χ3n) is 7.19. The summed E-state index contributed by atoms with van der Waals surface area (Å²) in [5.41, 5.74) is 9.88. The number of hydrogen-bond donors (Lipinski definition) is 2. The van der Waals surface area contributed by atoms with E-state index in [0.29, 0.717) is 22.6 Å². The Balaban J connectivity index is 1.38. The number of carbonyl (C=O) groups excluding carboxylic acids is 2. The Morgan fingerprint density at radius 1 is 0.946 bits per heavy atom. The number of nitrogen functional groups attached to an aromatic ring is 1. The molecule has 1 heterocycles. The van der Waals surface area contributed by atoms with E-state index in [4.69, 9.17) is 5.73 Å². The van der Waals surface area contributed by atoms with Gasteiger partial charge in [-0.25, -0.2) is 4.39 Å². The molecule has 1 aromatic heterocycles. The van der Waals surface area contributed by atoms with Gasteiger partial charge < -0.3 is 11.1 Å². The molecule has 6 nitrogen and oxygen atoms in total. The lowest BCUT2D eigenvalue weighted by molar-refractivity contribution is 0.0826. The Hall–Kier alpha value is -4.52. The third-order valence-corrected chi connectivity index (χ3v) is 7.19. The summed E-state index contributed by atoms with van der Waals surface area (Å²) in [6, 6.07) is 22.8. The molecule has 0 saturated heterocycles. The number of halogens is 1. The lowest BCUT2D eigenvalue weighted by Crippen LogP contribution is -2.20. The predicted molar refractivity (Wildman–Crippen MR) is 144 cm³/mol. The zero-order chi connectivity index (χ0) is 25.5. The molecule has 4 aromatic carbocycles. The van der Waals surface area contributed by atoms with Gasteiger partial charge in [0, 0.05) is 17.2 Å². The van der Waals surface area contributed by atoms with Gasteiger partial charge in [0.1, 0.15) is 5.82 Å². The van der Waals surface area contributed by atoms with Crippen molar-refractivity contribution in [2.75, 3.05) is 11.1 Å². The second-order valence-corrected chi connectivity index (χ2v) is 9.52. The fraction of sp³-hybridized carbons (Fsp3) is 0.167. The fourth-order valence-electron chi connectivity index (χ4n) is 5.33. The molecule has 7 heteroatoms. The topological polar surface area (TPSA) is 90.0 Å². The number of aromatic nitrogens is 2. The number of benzene rings is 4. The number of hydrogen-bond acceptors (Lipinski definition) is 4.